The molecule has 0 radical (unpaired) electrons. The fourth-order valence-corrected chi connectivity index (χ4v) is 10.1. The first-order valence-electron chi connectivity index (χ1n) is 24.2. The molecule has 352 valence electrons. The van der Waals surface area contributed by atoms with E-state index in [1.807, 2.05) is 45.1 Å². The molecule has 3 aromatic rings. The zero-order chi connectivity index (χ0) is 47.1. The van der Waals surface area contributed by atoms with Crippen LogP contribution in [0.2, 0.25) is 0 Å². The third-order valence-electron chi connectivity index (χ3n) is 14.2. The van der Waals surface area contributed by atoms with Gasteiger partial charge >= 0.3 is 35.0 Å². The van der Waals surface area contributed by atoms with Gasteiger partial charge in [0.15, 0.2) is 5.78 Å². The third-order valence-corrected chi connectivity index (χ3v) is 14.2. The van der Waals surface area contributed by atoms with Gasteiger partial charge in [-0.3, -0.25) is 14.4 Å². The van der Waals surface area contributed by atoms with Crippen LogP contribution in [-0.4, -0.2) is 59.6 Å². The summed E-state index contributed by atoms with van der Waals surface area (Å²) in [5, 5.41) is 17.4. The maximum atomic E-state index is 14.4. The Morgan fingerprint density at radius 2 is 1.53 bits per heavy atom. The molecule has 1 N–H and O–H groups in total. The summed E-state index contributed by atoms with van der Waals surface area (Å²) >= 11 is 0. The summed E-state index contributed by atoms with van der Waals surface area (Å²) < 4.78 is 11.0. The Balaban J connectivity index is 0.00000817. The van der Waals surface area contributed by atoms with E-state index in [1.54, 1.807) is 6.08 Å². The monoisotopic (exact) mass is 909 g/mol. The first kappa shape index (κ1) is 52.6. The van der Waals surface area contributed by atoms with Crippen LogP contribution in [0.3, 0.4) is 0 Å². The molecular weight excluding hydrogens is 837 g/mol. The number of aliphatic hydroxyl groups is 1. The maximum absolute atomic E-state index is 14.4. The third kappa shape index (κ3) is 11.7. The average Bonchev–Trinajstić information content (AvgIpc) is 4.02. The topological polar surface area (TPSA) is 146 Å². The summed E-state index contributed by atoms with van der Waals surface area (Å²) in [5.41, 5.74) is 9.33. The van der Waals surface area contributed by atoms with Crippen molar-refractivity contribution in [3.8, 4) is 0 Å². The molecule has 1 aliphatic carbocycles. The molecule has 11 heteroatoms. The number of methoxy groups -OCH3 is 1. The van der Waals surface area contributed by atoms with E-state index < -0.39 is 11.9 Å². The number of nitrogens with zero attached hydrogens (tertiary/aromatic N) is 4. The number of allylic oxidation sites excluding steroid dienone is 3. The number of Topliss-reactive ketones (excluding diaryl/α,β-unsaturated/α-hetero) is 1. The zero-order valence-electron chi connectivity index (χ0n) is 41.4. The van der Waals surface area contributed by atoms with Crippen LogP contribution in [-0.2, 0) is 32.1 Å². The number of ether oxygens (including phenoxy) is 2. The van der Waals surface area contributed by atoms with E-state index >= 15 is 0 Å². The van der Waals surface area contributed by atoms with E-state index in [9.17, 15) is 19.5 Å². The largest absolute Gasteiger partial charge is 2.00 e. The van der Waals surface area contributed by atoms with Crippen molar-refractivity contribution >= 4 is 70.7 Å². The van der Waals surface area contributed by atoms with Gasteiger partial charge in [0.05, 0.1) is 13.7 Å². The minimum atomic E-state index is -1.26. The standard InChI is InChI=1S/C55H73N4O6.Mg/c1-12-38-35(8)42-27-46-39(13-2)41(30-60)47(57-46)28-43-36(9)40(52(58-43)50-51(55(63)64-11)54(62)49-37(10)44(59-53(49)50)29-45(38)56-42)23-24-48(61)65-26-25-34(7)22-16-21-33(6)20-15-19-32(5)18-14-17-31(3)4;/h13,25,27-29,31-33,36,40,51,60H,2,12,14-24,26,30H2,1,3-11H3,(H-,58,59,62);/q-3;+2/p-1/b34-25+,42-27-,43-28-,45-29-;/t32-,33-,36+,40+,51-;/m1./s1. The van der Waals surface area contributed by atoms with Gasteiger partial charge in [-0.1, -0.05) is 145 Å². The van der Waals surface area contributed by atoms with E-state index in [0.29, 0.717) is 80.8 Å². The molecule has 5 atom stereocenters. The van der Waals surface area contributed by atoms with Crippen LogP contribution in [0.15, 0.2) is 29.6 Å². The van der Waals surface area contributed by atoms with Crippen molar-refractivity contribution in [2.75, 3.05) is 13.7 Å². The smallest absolute Gasteiger partial charge is 0.664 e. The van der Waals surface area contributed by atoms with Gasteiger partial charge in [0.1, 0.15) is 12.5 Å². The molecule has 0 spiro atoms. The van der Waals surface area contributed by atoms with Crippen LogP contribution in [0.4, 0.5) is 0 Å². The summed E-state index contributed by atoms with van der Waals surface area (Å²) in [7, 11) is 1.28. The van der Waals surface area contributed by atoms with Crippen molar-refractivity contribution in [2.45, 2.75) is 146 Å². The van der Waals surface area contributed by atoms with Crippen molar-refractivity contribution in [3.63, 3.8) is 0 Å². The molecule has 6 rings (SSSR count). The van der Waals surface area contributed by atoms with E-state index in [4.69, 9.17) is 29.7 Å². The number of rotatable bonds is 21. The molecule has 66 heavy (non-hydrogen) atoms. The summed E-state index contributed by atoms with van der Waals surface area (Å²) in [6, 6.07) is 0. The predicted molar refractivity (Wildman–Crippen MR) is 266 cm³/mol. The average molecular weight is 910 g/mol. The fraction of sp³-hybridized carbons (Fsp3) is 0.545. The van der Waals surface area contributed by atoms with Gasteiger partial charge in [0.2, 0.25) is 0 Å². The zero-order valence-corrected chi connectivity index (χ0v) is 42.9. The molecular formula is C55H72MgN4O6-2. The first-order chi connectivity index (χ1) is 31.1. The van der Waals surface area contributed by atoms with Gasteiger partial charge in [-0.2, -0.15) is 11.4 Å². The van der Waals surface area contributed by atoms with Crippen LogP contribution < -0.4 is 25.7 Å². The molecule has 0 unspecified atom stereocenters. The van der Waals surface area contributed by atoms with E-state index in [1.165, 1.54) is 57.6 Å². The first-order valence-corrected chi connectivity index (χ1v) is 24.2. The Bertz CT molecular complexity index is 2480. The van der Waals surface area contributed by atoms with E-state index in [-0.39, 0.29) is 66.3 Å². The van der Waals surface area contributed by atoms with Crippen molar-refractivity contribution in [1.82, 2.24) is 15.0 Å². The molecule has 1 fully saturated rings. The Hall–Kier alpha value is -4.32. The number of carbonyl (C=O) groups is 3. The number of ketones is 1. The molecule has 3 aromatic heterocycles. The number of esters is 2. The van der Waals surface area contributed by atoms with Crippen LogP contribution in [0, 0.1) is 49.4 Å². The Kier molecular flexibility index (Phi) is 18.8. The van der Waals surface area contributed by atoms with Gasteiger partial charge in [0, 0.05) is 12.0 Å². The predicted octanol–water partition coefficient (Wildman–Crippen LogP) is 9.55. The fourth-order valence-electron chi connectivity index (χ4n) is 10.1. The summed E-state index contributed by atoms with van der Waals surface area (Å²) in [4.78, 5) is 56.5. The van der Waals surface area contributed by atoms with Crippen molar-refractivity contribution in [1.29, 1.82) is 0 Å². The summed E-state index contributed by atoms with van der Waals surface area (Å²) in [6.45, 7) is 23.4. The minimum Gasteiger partial charge on any atom is -0.664 e. The second-order valence-electron chi connectivity index (χ2n) is 19.4. The van der Waals surface area contributed by atoms with Crippen LogP contribution >= 0.6 is 0 Å². The van der Waals surface area contributed by atoms with Gasteiger partial charge in [-0.15, -0.1) is 33.5 Å². The number of aliphatic hydroxyl groups excluding tert-OH is 1. The SMILES string of the molecule is C=Cc1c2[n-]c(c1CO)/C=C1\[N-]/C(=C3\c4[n-]c(c(C)c4C(=O)[C@@H]3C(=O)OC)/C=c3\[n-]/c(c(C)c3CC)=C\2)[C@@H](CCC(=O)OC/C=C(\C)CCC[C@H](C)CCC[C@H](C)CCCC(C)C)[C@@H]1C.[Mg+2]. The van der Waals surface area contributed by atoms with Gasteiger partial charge < -0.3 is 34.8 Å². The maximum Gasteiger partial charge on any atom is 2.00 e. The molecule has 0 aromatic carbocycles. The Labute approximate surface area is 409 Å². The van der Waals surface area contributed by atoms with Crippen LogP contribution in [0.1, 0.15) is 180 Å². The van der Waals surface area contributed by atoms with E-state index in [0.717, 1.165) is 46.5 Å². The minimum absolute atomic E-state index is 0. The van der Waals surface area contributed by atoms with Gasteiger partial charge in [-0.25, -0.2) is 0 Å². The molecule has 0 saturated carbocycles. The molecule has 1 saturated heterocycles. The summed E-state index contributed by atoms with van der Waals surface area (Å²) in [5.74, 6) is -1.01. The number of aromatic nitrogens is 3. The molecule has 2 aliphatic heterocycles. The summed E-state index contributed by atoms with van der Waals surface area (Å²) in [6.07, 6.45) is 21.8. The van der Waals surface area contributed by atoms with Crippen LogP contribution in [0.5, 0.6) is 0 Å². The van der Waals surface area contributed by atoms with Gasteiger partial charge in [0.25, 0.3) is 0 Å². The second-order valence-corrected chi connectivity index (χ2v) is 19.4. The molecule has 0 amide bonds. The van der Waals surface area contributed by atoms with Crippen LogP contribution in [0.25, 0.3) is 35.2 Å². The number of hydrogen-bond acceptors (Lipinski definition) is 6. The normalized spacial score (nSPS) is 21.5. The second kappa shape index (κ2) is 23.6. The molecule has 3 aliphatic rings. The molecule has 5 heterocycles. The number of carbonyl (C=O) groups excluding carboxylic acids is 3. The van der Waals surface area contributed by atoms with E-state index in [2.05, 4.69) is 48.1 Å². The van der Waals surface area contributed by atoms with Crippen molar-refractivity contribution in [2.24, 2.45) is 35.5 Å². The Morgan fingerprint density at radius 3 is 2.17 bits per heavy atom. The van der Waals surface area contributed by atoms with Crippen molar-refractivity contribution < 1.29 is 29.0 Å². The number of fused-ring (bicyclic) bond motifs is 7. The number of hydrogen-bond donors (Lipinski definition) is 1. The molecule has 10 nitrogen and oxygen atoms in total. The molecule has 8 bridgehead atoms. The Morgan fingerprint density at radius 1 is 0.864 bits per heavy atom. The van der Waals surface area contributed by atoms with Gasteiger partial charge in [-0.05, 0) is 93.2 Å². The van der Waals surface area contributed by atoms with Crippen molar-refractivity contribution in [3.05, 3.63) is 102 Å². The quantitative estimate of drug-likeness (QED) is 0.0478.